The van der Waals surface area contributed by atoms with Crippen LogP contribution in [0.5, 0.6) is 0 Å². The van der Waals surface area contributed by atoms with Crippen molar-refractivity contribution >= 4 is 39.0 Å². The minimum absolute atomic E-state index is 0.0925. The quantitative estimate of drug-likeness (QED) is 0.533. The molecule has 7 heteroatoms. The molecule has 2 amide bonds. The van der Waals surface area contributed by atoms with Gasteiger partial charge in [0.1, 0.15) is 0 Å². The molecule has 3 heterocycles. The van der Waals surface area contributed by atoms with Crippen LogP contribution in [0, 0.1) is 6.92 Å². The summed E-state index contributed by atoms with van der Waals surface area (Å²) in [5.74, 6) is 0. The average Bonchev–Trinajstić information content (AvgIpc) is 3.23. The first-order valence-corrected chi connectivity index (χ1v) is 12.1. The van der Waals surface area contributed by atoms with Crippen molar-refractivity contribution in [3.05, 3.63) is 70.5 Å². The third-order valence-electron chi connectivity index (χ3n) is 6.51. The van der Waals surface area contributed by atoms with Gasteiger partial charge in [-0.15, -0.1) is 0 Å². The van der Waals surface area contributed by atoms with Gasteiger partial charge >= 0.3 is 6.03 Å². The van der Waals surface area contributed by atoms with Crippen LogP contribution in [0.2, 0.25) is 0 Å². The Morgan fingerprint density at radius 3 is 2.36 bits per heavy atom. The van der Waals surface area contributed by atoms with Gasteiger partial charge in [-0.25, -0.2) is 4.79 Å². The molecule has 1 saturated heterocycles. The van der Waals surface area contributed by atoms with Crippen LogP contribution in [0.15, 0.2) is 59.2 Å². The molecular formula is C26H28BrN5O. The Hall–Kier alpha value is -2.90. The number of nitrogens with zero attached hydrogens (tertiary/aromatic N) is 4. The summed E-state index contributed by atoms with van der Waals surface area (Å²) in [5, 5.41) is 3.07. The van der Waals surface area contributed by atoms with Gasteiger partial charge in [0.2, 0.25) is 0 Å². The van der Waals surface area contributed by atoms with Crippen LogP contribution in [-0.2, 0) is 6.42 Å². The summed E-state index contributed by atoms with van der Waals surface area (Å²) in [6, 6.07) is 16.3. The number of amides is 2. The Kier molecular flexibility index (Phi) is 6.08. The van der Waals surface area contributed by atoms with E-state index in [0.29, 0.717) is 6.54 Å². The number of aromatic nitrogens is 1. The van der Waals surface area contributed by atoms with E-state index in [1.807, 2.05) is 48.4 Å². The van der Waals surface area contributed by atoms with Gasteiger partial charge in [-0.3, -0.25) is 9.88 Å². The molecular weight excluding hydrogens is 478 g/mol. The summed E-state index contributed by atoms with van der Waals surface area (Å²) >= 11 is 3.76. The summed E-state index contributed by atoms with van der Waals surface area (Å²) in [7, 11) is 2.16. The second-order valence-corrected chi connectivity index (χ2v) is 9.67. The molecule has 0 saturated carbocycles. The first kappa shape index (κ1) is 21.9. The Labute approximate surface area is 203 Å². The summed E-state index contributed by atoms with van der Waals surface area (Å²) in [4.78, 5) is 24.1. The molecule has 2 aromatic carbocycles. The molecule has 0 bridgehead atoms. The van der Waals surface area contributed by atoms with E-state index >= 15 is 0 Å². The minimum Gasteiger partial charge on any atom is -0.368 e. The van der Waals surface area contributed by atoms with Crippen molar-refractivity contribution in [3.63, 3.8) is 0 Å². The van der Waals surface area contributed by atoms with E-state index in [4.69, 9.17) is 0 Å². The van der Waals surface area contributed by atoms with Gasteiger partial charge in [-0.2, -0.15) is 0 Å². The highest BCUT2D eigenvalue weighted by Gasteiger charge is 2.28. The van der Waals surface area contributed by atoms with Crippen LogP contribution >= 0.6 is 15.9 Å². The number of piperazine rings is 1. The van der Waals surface area contributed by atoms with Crippen molar-refractivity contribution in [1.82, 2.24) is 9.88 Å². The molecule has 0 atom stereocenters. The van der Waals surface area contributed by atoms with Crippen molar-refractivity contribution < 1.29 is 4.79 Å². The van der Waals surface area contributed by atoms with E-state index in [2.05, 4.69) is 61.3 Å². The number of hydrogen-bond acceptors (Lipinski definition) is 4. The molecule has 0 radical (unpaired) electrons. The van der Waals surface area contributed by atoms with Crippen molar-refractivity contribution in [2.45, 2.75) is 13.3 Å². The van der Waals surface area contributed by atoms with Crippen LogP contribution < -0.4 is 15.1 Å². The normalized spacial score (nSPS) is 16.1. The van der Waals surface area contributed by atoms with Crippen LogP contribution in [0.25, 0.3) is 11.1 Å². The van der Waals surface area contributed by atoms with E-state index in [-0.39, 0.29) is 6.03 Å². The number of carbonyl (C=O) groups excluding carboxylic acids is 1. The molecule has 1 fully saturated rings. The monoisotopic (exact) mass is 505 g/mol. The maximum atomic E-state index is 13.2. The number of likely N-dealkylation sites (N-methyl/N-ethyl adjacent to an activating group) is 1. The second kappa shape index (κ2) is 9.15. The lowest BCUT2D eigenvalue weighted by molar-refractivity contribution is 0.257. The molecule has 0 aliphatic carbocycles. The molecule has 6 nitrogen and oxygen atoms in total. The number of benzene rings is 2. The zero-order valence-electron chi connectivity index (χ0n) is 19.0. The fraction of sp³-hybridized carbons (Fsp3) is 0.308. The summed E-state index contributed by atoms with van der Waals surface area (Å²) in [5.41, 5.74) is 7.30. The topological polar surface area (TPSA) is 51.7 Å². The summed E-state index contributed by atoms with van der Waals surface area (Å²) in [6.45, 7) is 6.73. The first-order chi connectivity index (χ1) is 16.0. The van der Waals surface area contributed by atoms with Crippen LogP contribution in [0.1, 0.15) is 11.3 Å². The number of fused-ring (bicyclic) bond motifs is 1. The lowest BCUT2D eigenvalue weighted by Crippen LogP contribution is -2.44. The fourth-order valence-electron chi connectivity index (χ4n) is 4.47. The lowest BCUT2D eigenvalue weighted by atomic mass is 10.1. The van der Waals surface area contributed by atoms with Gasteiger partial charge in [-0.1, -0.05) is 18.2 Å². The summed E-state index contributed by atoms with van der Waals surface area (Å²) in [6.07, 6.45) is 2.74. The maximum Gasteiger partial charge on any atom is 0.326 e. The Balaban J connectivity index is 1.31. The molecule has 0 unspecified atom stereocenters. The van der Waals surface area contributed by atoms with Crippen molar-refractivity contribution in [3.8, 4) is 11.1 Å². The van der Waals surface area contributed by atoms with Gasteiger partial charge in [0.25, 0.3) is 0 Å². The predicted octanol–water partition coefficient (Wildman–Crippen LogP) is 5.17. The Morgan fingerprint density at radius 1 is 0.939 bits per heavy atom. The number of carbonyl (C=O) groups is 1. The maximum absolute atomic E-state index is 13.2. The number of aryl methyl sites for hydroxylation is 1. The zero-order valence-corrected chi connectivity index (χ0v) is 20.6. The SMILES string of the molecule is Cc1ccc(-c2ccc(NC(=O)N3CCc4cc(Br)c(N5CCN(C)CC5)cc43)cc2)cn1. The lowest BCUT2D eigenvalue weighted by Gasteiger charge is -2.35. The predicted molar refractivity (Wildman–Crippen MR) is 138 cm³/mol. The second-order valence-electron chi connectivity index (χ2n) is 8.82. The number of urea groups is 1. The summed E-state index contributed by atoms with van der Waals surface area (Å²) < 4.78 is 1.11. The van der Waals surface area contributed by atoms with Gasteiger partial charge in [-0.05, 0) is 77.8 Å². The van der Waals surface area contributed by atoms with Crippen LogP contribution in [-0.4, -0.2) is 55.7 Å². The smallest absolute Gasteiger partial charge is 0.326 e. The number of pyridine rings is 1. The minimum atomic E-state index is -0.0925. The van der Waals surface area contributed by atoms with Crippen molar-refractivity contribution in [1.29, 1.82) is 0 Å². The standard InChI is InChI=1S/C26H28BrN5O/c1-18-3-4-21(17-28-18)19-5-7-22(8-6-19)29-26(33)32-10-9-20-15-23(27)25(16-24(20)32)31-13-11-30(2)12-14-31/h3-8,15-17H,9-14H2,1-2H3,(H,29,33). The fourth-order valence-corrected chi connectivity index (χ4v) is 5.11. The number of nitrogens with one attached hydrogen (secondary N) is 1. The zero-order chi connectivity index (χ0) is 22.9. The highest BCUT2D eigenvalue weighted by atomic mass is 79.9. The molecule has 33 heavy (non-hydrogen) atoms. The van der Waals surface area contributed by atoms with Gasteiger partial charge < -0.3 is 15.1 Å². The highest BCUT2D eigenvalue weighted by Crippen LogP contribution is 2.38. The van der Waals surface area contributed by atoms with Gasteiger partial charge in [0.05, 0.1) is 11.4 Å². The highest BCUT2D eigenvalue weighted by molar-refractivity contribution is 9.10. The van der Waals surface area contributed by atoms with Gasteiger partial charge in [0.15, 0.2) is 0 Å². The Bertz CT molecular complexity index is 1150. The number of anilines is 3. The molecule has 3 aromatic rings. The van der Waals surface area contributed by atoms with E-state index < -0.39 is 0 Å². The van der Waals surface area contributed by atoms with Gasteiger partial charge in [0, 0.05) is 60.3 Å². The number of halogens is 1. The average molecular weight is 506 g/mol. The van der Waals surface area contributed by atoms with E-state index in [9.17, 15) is 4.79 Å². The van der Waals surface area contributed by atoms with E-state index in [1.54, 1.807) is 0 Å². The molecule has 2 aliphatic heterocycles. The molecule has 1 N–H and O–H groups in total. The third kappa shape index (κ3) is 4.61. The third-order valence-corrected chi connectivity index (χ3v) is 7.15. The molecule has 170 valence electrons. The molecule has 1 aromatic heterocycles. The Morgan fingerprint density at radius 2 is 1.67 bits per heavy atom. The van der Waals surface area contributed by atoms with Crippen molar-refractivity contribution in [2.24, 2.45) is 0 Å². The number of hydrogen-bond donors (Lipinski definition) is 1. The van der Waals surface area contributed by atoms with Crippen LogP contribution in [0.3, 0.4) is 0 Å². The largest absolute Gasteiger partial charge is 0.368 e. The van der Waals surface area contributed by atoms with Crippen LogP contribution in [0.4, 0.5) is 21.9 Å². The van der Waals surface area contributed by atoms with E-state index in [1.165, 1.54) is 5.56 Å². The molecule has 5 rings (SSSR count). The van der Waals surface area contributed by atoms with Crippen molar-refractivity contribution in [2.75, 3.05) is 54.9 Å². The molecule has 0 spiro atoms. The first-order valence-electron chi connectivity index (χ1n) is 11.4. The van der Waals surface area contributed by atoms with E-state index in [0.717, 1.165) is 71.0 Å². The number of rotatable bonds is 3. The molecule has 2 aliphatic rings.